The Morgan fingerprint density at radius 2 is 0.964 bits per heavy atom. The third kappa shape index (κ3) is 4.90. The van der Waals surface area contributed by atoms with Crippen LogP contribution in [0.3, 0.4) is 0 Å². The van der Waals surface area contributed by atoms with Crippen LogP contribution in [0.25, 0.3) is 99.0 Å². The van der Waals surface area contributed by atoms with Gasteiger partial charge in [0.15, 0.2) is 0 Å². The van der Waals surface area contributed by atoms with Gasteiger partial charge in [0.05, 0.1) is 11.2 Å². The Morgan fingerprint density at radius 1 is 0.345 bits per heavy atom. The van der Waals surface area contributed by atoms with Crippen molar-refractivity contribution in [1.82, 2.24) is 4.98 Å². The number of benzene rings is 9. The average molecular weight is 700 g/mol. The SMILES string of the molecule is CC1(C)c2ccccc2-c2ccc(-c3c4ccccc4c(-c4cc(-c5ccccc5)c5ccccc5n4)c4ccc(-c5ccc6ccccc6c5)cc34)cc21. The zero-order valence-corrected chi connectivity index (χ0v) is 30.8. The largest absolute Gasteiger partial charge is 0.248 e. The number of para-hydroxylation sites is 1. The molecule has 0 spiro atoms. The Morgan fingerprint density at radius 3 is 1.82 bits per heavy atom. The third-order valence-electron chi connectivity index (χ3n) is 12.0. The summed E-state index contributed by atoms with van der Waals surface area (Å²) in [6.45, 7) is 4.74. The van der Waals surface area contributed by atoms with Crippen molar-refractivity contribution in [2.24, 2.45) is 0 Å². The topological polar surface area (TPSA) is 12.9 Å². The Kier molecular flexibility index (Phi) is 6.97. The van der Waals surface area contributed by atoms with Crippen LogP contribution >= 0.6 is 0 Å². The summed E-state index contributed by atoms with van der Waals surface area (Å²) in [5.74, 6) is 0. The van der Waals surface area contributed by atoms with Crippen LogP contribution in [-0.4, -0.2) is 4.98 Å². The fourth-order valence-electron chi connectivity index (χ4n) is 9.33. The van der Waals surface area contributed by atoms with Crippen molar-refractivity contribution < 1.29 is 0 Å². The van der Waals surface area contributed by atoms with Crippen LogP contribution in [0.2, 0.25) is 0 Å². The highest BCUT2D eigenvalue weighted by molar-refractivity contribution is 6.22. The molecular formula is C54H37N. The lowest BCUT2D eigenvalue weighted by atomic mass is 9.80. The molecule has 0 radical (unpaired) electrons. The first kappa shape index (κ1) is 31.7. The summed E-state index contributed by atoms with van der Waals surface area (Å²) in [5, 5.41) is 8.50. The maximum atomic E-state index is 5.44. The number of rotatable bonds is 4. The summed E-state index contributed by atoms with van der Waals surface area (Å²) in [7, 11) is 0. The first-order chi connectivity index (χ1) is 27.0. The number of hydrogen-bond donors (Lipinski definition) is 0. The fourth-order valence-corrected chi connectivity index (χ4v) is 9.33. The molecule has 0 aliphatic heterocycles. The monoisotopic (exact) mass is 699 g/mol. The summed E-state index contributed by atoms with van der Waals surface area (Å²) in [6.07, 6.45) is 0. The van der Waals surface area contributed by atoms with E-state index in [0.29, 0.717) is 0 Å². The van der Waals surface area contributed by atoms with E-state index < -0.39 is 0 Å². The van der Waals surface area contributed by atoms with Crippen LogP contribution in [-0.2, 0) is 5.41 Å². The number of nitrogens with zero attached hydrogens (tertiary/aromatic N) is 1. The van der Waals surface area contributed by atoms with E-state index in [1.165, 1.54) is 88.0 Å². The molecule has 0 amide bonds. The van der Waals surface area contributed by atoms with Crippen LogP contribution < -0.4 is 0 Å². The van der Waals surface area contributed by atoms with Gasteiger partial charge in [-0.15, -0.1) is 0 Å². The molecular weight excluding hydrogens is 663 g/mol. The number of hydrogen-bond acceptors (Lipinski definition) is 1. The van der Waals surface area contributed by atoms with Crippen molar-refractivity contribution >= 4 is 43.2 Å². The van der Waals surface area contributed by atoms with E-state index >= 15 is 0 Å². The minimum atomic E-state index is -0.105. The van der Waals surface area contributed by atoms with Gasteiger partial charge in [0.25, 0.3) is 0 Å². The lowest BCUT2D eigenvalue weighted by Crippen LogP contribution is -2.14. The Balaban J connectivity index is 1.23. The van der Waals surface area contributed by atoms with Crippen molar-refractivity contribution in [3.8, 4) is 55.8 Å². The number of pyridine rings is 1. The molecule has 258 valence electrons. The maximum Gasteiger partial charge on any atom is 0.0728 e. The standard InChI is InChI=1S/C54H37N/c1-54(2)48-22-12-10-18-40(48)41-28-27-39(32-49(41)54)52-43-20-8-9-21-44(43)53(51-33-46(35-15-4-3-5-16-35)42-19-11-13-23-50(42)55-51)45-29-26-38(31-47(45)52)37-25-24-34-14-6-7-17-36(34)30-37/h3-33H,1-2H3. The molecule has 9 aromatic carbocycles. The first-order valence-electron chi connectivity index (χ1n) is 19.2. The summed E-state index contributed by atoms with van der Waals surface area (Å²) in [5.41, 5.74) is 15.8. The third-order valence-corrected chi connectivity index (χ3v) is 12.0. The van der Waals surface area contributed by atoms with Crippen molar-refractivity contribution in [3.05, 3.63) is 199 Å². The minimum Gasteiger partial charge on any atom is -0.248 e. The van der Waals surface area contributed by atoms with Gasteiger partial charge in [-0.1, -0.05) is 172 Å². The van der Waals surface area contributed by atoms with Gasteiger partial charge in [0.2, 0.25) is 0 Å². The van der Waals surface area contributed by atoms with E-state index in [2.05, 4.69) is 202 Å². The van der Waals surface area contributed by atoms with E-state index in [-0.39, 0.29) is 5.41 Å². The van der Waals surface area contributed by atoms with Gasteiger partial charge in [0.1, 0.15) is 0 Å². The van der Waals surface area contributed by atoms with Gasteiger partial charge in [0, 0.05) is 16.4 Å². The molecule has 1 heteroatoms. The summed E-state index contributed by atoms with van der Waals surface area (Å²) in [4.78, 5) is 5.44. The highest BCUT2D eigenvalue weighted by Crippen LogP contribution is 2.51. The number of aromatic nitrogens is 1. The Labute approximate surface area is 321 Å². The van der Waals surface area contributed by atoms with Crippen LogP contribution in [0.4, 0.5) is 0 Å². The quantitative estimate of drug-likeness (QED) is 0.167. The molecule has 0 saturated heterocycles. The van der Waals surface area contributed by atoms with Crippen LogP contribution in [0.5, 0.6) is 0 Å². The van der Waals surface area contributed by atoms with Gasteiger partial charge >= 0.3 is 0 Å². The molecule has 0 bridgehead atoms. The van der Waals surface area contributed by atoms with Gasteiger partial charge in [-0.25, -0.2) is 4.98 Å². The van der Waals surface area contributed by atoms with Crippen LogP contribution in [0.15, 0.2) is 188 Å². The van der Waals surface area contributed by atoms with Gasteiger partial charge < -0.3 is 0 Å². The zero-order valence-electron chi connectivity index (χ0n) is 30.8. The van der Waals surface area contributed by atoms with Crippen molar-refractivity contribution in [1.29, 1.82) is 0 Å². The number of fused-ring (bicyclic) bond motifs is 7. The van der Waals surface area contributed by atoms with E-state index in [1.54, 1.807) is 0 Å². The zero-order chi connectivity index (χ0) is 36.7. The fraction of sp³-hybridized carbons (Fsp3) is 0.0556. The molecule has 0 fully saturated rings. The van der Waals surface area contributed by atoms with Gasteiger partial charge in [-0.05, 0) is 118 Å². The molecule has 0 unspecified atom stereocenters. The van der Waals surface area contributed by atoms with Crippen molar-refractivity contribution in [2.75, 3.05) is 0 Å². The Hall–Kier alpha value is -6.83. The van der Waals surface area contributed by atoms with Crippen LogP contribution in [0, 0.1) is 0 Å². The minimum absolute atomic E-state index is 0.105. The molecule has 0 atom stereocenters. The van der Waals surface area contributed by atoms with Gasteiger partial charge in [-0.2, -0.15) is 0 Å². The molecule has 1 aliphatic carbocycles. The lowest BCUT2D eigenvalue weighted by molar-refractivity contribution is 0.660. The van der Waals surface area contributed by atoms with E-state index in [1.807, 2.05) is 0 Å². The molecule has 10 aromatic rings. The second-order valence-corrected chi connectivity index (χ2v) is 15.5. The highest BCUT2D eigenvalue weighted by atomic mass is 14.7. The smallest absolute Gasteiger partial charge is 0.0728 e. The van der Waals surface area contributed by atoms with Crippen molar-refractivity contribution in [2.45, 2.75) is 19.3 Å². The van der Waals surface area contributed by atoms with E-state index in [0.717, 1.165) is 22.2 Å². The summed E-state index contributed by atoms with van der Waals surface area (Å²) in [6, 6.07) is 69.1. The molecule has 1 aliphatic rings. The highest BCUT2D eigenvalue weighted by Gasteiger charge is 2.35. The second-order valence-electron chi connectivity index (χ2n) is 15.5. The Bertz CT molecular complexity index is 3170. The maximum absolute atomic E-state index is 5.44. The van der Waals surface area contributed by atoms with Gasteiger partial charge in [-0.3, -0.25) is 0 Å². The predicted molar refractivity (Wildman–Crippen MR) is 234 cm³/mol. The van der Waals surface area contributed by atoms with E-state index in [4.69, 9.17) is 4.98 Å². The molecule has 0 saturated carbocycles. The summed E-state index contributed by atoms with van der Waals surface area (Å²) >= 11 is 0. The molecule has 11 rings (SSSR count). The van der Waals surface area contributed by atoms with E-state index in [9.17, 15) is 0 Å². The molecule has 55 heavy (non-hydrogen) atoms. The summed E-state index contributed by atoms with van der Waals surface area (Å²) < 4.78 is 0. The first-order valence-corrected chi connectivity index (χ1v) is 19.2. The molecule has 0 N–H and O–H groups in total. The normalized spacial score (nSPS) is 13.1. The van der Waals surface area contributed by atoms with Crippen molar-refractivity contribution in [3.63, 3.8) is 0 Å². The predicted octanol–water partition coefficient (Wildman–Crippen LogP) is 14.7. The van der Waals surface area contributed by atoms with Crippen LogP contribution in [0.1, 0.15) is 25.0 Å². The lowest BCUT2D eigenvalue weighted by Gasteiger charge is -2.23. The average Bonchev–Trinajstić information content (AvgIpc) is 3.47. The second kappa shape index (κ2) is 12.1. The molecule has 1 nitrogen and oxygen atoms in total. The molecule has 1 heterocycles. The molecule has 1 aromatic heterocycles.